The molecule has 0 radical (unpaired) electrons. The number of rotatable bonds is 4. The Morgan fingerprint density at radius 2 is 2.24 bits per heavy atom. The maximum absolute atomic E-state index is 10.6. The Labute approximate surface area is 128 Å². The van der Waals surface area contributed by atoms with Crippen molar-refractivity contribution >= 4 is 35.2 Å². The Kier molecular flexibility index (Phi) is 4.20. The van der Waals surface area contributed by atoms with Gasteiger partial charge in [-0.15, -0.1) is 11.3 Å². The van der Waals surface area contributed by atoms with E-state index in [1.54, 1.807) is 12.3 Å². The van der Waals surface area contributed by atoms with Crippen LogP contribution in [-0.2, 0) is 0 Å². The predicted molar refractivity (Wildman–Crippen MR) is 83.0 cm³/mol. The van der Waals surface area contributed by atoms with E-state index in [0.29, 0.717) is 10.8 Å². The number of thioether (sulfide) groups is 1. The van der Waals surface area contributed by atoms with Crippen LogP contribution in [0, 0.1) is 10.1 Å². The van der Waals surface area contributed by atoms with Crippen LogP contribution < -0.4 is 0 Å². The van der Waals surface area contributed by atoms with E-state index in [0.717, 1.165) is 30.3 Å². The van der Waals surface area contributed by atoms with Gasteiger partial charge < -0.3 is 4.42 Å². The molecule has 0 N–H and O–H groups in total. The molecule has 110 valence electrons. The number of hydrazone groups is 1. The van der Waals surface area contributed by atoms with Crippen molar-refractivity contribution in [1.82, 2.24) is 9.99 Å². The van der Waals surface area contributed by atoms with Crippen LogP contribution in [0.5, 0.6) is 0 Å². The number of nitro groups is 1. The van der Waals surface area contributed by atoms with Crippen LogP contribution in [0.25, 0.3) is 10.8 Å². The molecule has 0 aromatic carbocycles. The molecule has 0 saturated carbocycles. The zero-order chi connectivity index (χ0) is 14.7. The van der Waals surface area contributed by atoms with Gasteiger partial charge in [0.1, 0.15) is 4.92 Å². The summed E-state index contributed by atoms with van der Waals surface area (Å²) in [6.07, 6.45) is 1.72. The average Bonchev–Trinajstić information content (AvgIpc) is 3.15. The highest BCUT2D eigenvalue weighted by Gasteiger charge is 2.15. The summed E-state index contributed by atoms with van der Waals surface area (Å²) in [5.74, 6) is 2.31. The standard InChI is InChI=1S/C12H12N4O3S2/c17-16(18)11-2-1-10(19-11)12-14-9(8-21-12)7-13-15-3-5-20-6-4-15/h1-2,7-8H,3-6H2/b13-7-. The maximum Gasteiger partial charge on any atom is 0.433 e. The molecule has 2 aromatic heterocycles. The number of hydrogen-bond acceptors (Lipinski definition) is 8. The highest BCUT2D eigenvalue weighted by Crippen LogP contribution is 2.28. The zero-order valence-electron chi connectivity index (χ0n) is 11.0. The summed E-state index contributed by atoms with van der Waals surface area (Å²) >= 11 is 3.30. The van der Waals surface area contributed by atoms with Gasteiger partial charge in [-0.1, -0.05) is 0 Å². The van der Waals surface area contributed by atoms with Crippen LogP contribution in [0.1, 0.15) is 5.69 Å². The summed E-state index contributed by atoms with van der Waals surface area (Å²) in [5, 5.41) is 19.5. The summed E-state index contributed by atoms with van der Waals surface area (Å²) in [7, 11) is 0. The Hall–Kier alpha value is -1.87. The van der Waals surface area contributed by atoms with Gasteiger partial charge in [-0.2, -0.15) is 16.9 Å². The van der Waals surface area contributed by atoms with Crippen molar-refractivity contribution in [2.24, 2.45) is 5.10 Å². The molecular formula is C12H12N4O3S2. The van der Waals surface area contributed by atoms with Crippen molar-refractivity contribution in [2.75, 3.05) is 24.6 Å². The Morgan fingerprint density at radius 1 is 1.43 bits per heavy atom. The van der Waals surface area contributed by atoms with E-state index >= 15 is 0 Å². The summed E-state index contributed by atoms with van der Waals surface area (Å²) in [5.41, 5.74) is 0.729. The van der Waals surface area contributed by atoms with Gasteiger partial charge in [0, 0.05) is 30.0 Å². The maximum atomic E-state index is 10.6. The van der Waals surface area contributed by atoms with Crippen molar-refractivity contribution in [3.63, 3.8) is 0 Å². The van der Waals surface area contributed by atoms with E-state index in [4.69, 9.17) is 4.42 Å². The minimum atomic E-state index is -0.562. The molecule has 0 atom stereocenters. The molecule has 3 heterocycles. The first-order valence-corrected chi connectivity index (χ1v) is 8.32. The van der Waals surface area contributed by atoms with Crippen molar-refractivity contribution in [2.45, 2.75) is 0 Å². The molecule has 0 unspecified atom stereocenters. The molecule has 0 spiro atoms. The first-order chi connectivity index (χ1) is 10.2. The van der Waals surface area contributed by atoms with Gasteiger partial charge in [0.25, 0.3) is 0 Å². The van der Waals surface area contributed by atoms with E-state index in [2.05, 4.69) is 10.1 Å². The number of thiazole rings is 1. The third kappa shape index (κ3) is 3.42. The lowest BCUT2D eigenvalue weighted by atomic mass is 10.4. The molecular weight excluding hydrogens is 312 g/mol. The van der Waals surface area contributed by atoms with Crippen molar-refractivity contribution in [1.29, 1.82) is 0 Å². The molecule has 1 fully saturated rings. The monoisotopic (exact) mass is 324 g/mol. The second-order valence-corrected chi connectivity index (χ2v) is 6.37. The summed E-state index contributed by atoms with van der Waals surface area (Å²) < 4.78 is 5.13. The summed E-state index contributed by atoms with van der Waals surface area (Å²) in [4.78, 5) is 14.4. The fourth-order valence-corrected chi connectivity index (χ4v) is 3.42. The fourth-order valence-electron chi connectivity index (χ4n) is 1.81. The number of aromatic nitrogens is 1. The smallest absolute Gasteiger partial charge is 0.398 e. The van der Waals surface area contributed by atoms with E-state index in [1.165, 1.54) is 17.4 Å². The van der Waals surface area contributed by atoms with E-state index < -0.39 is 4.92 Å². The van der Waals surface area contributed by atoms with Gasteiger partial charge in [0.15, 0.2) is 10.8 Å². The highest BCUT2D eigenvalue weighted by molar-refractivity contribution is 7.99. The summed E-state index contributed by atoms with van der Waals surface area (Å²) in [6.45, 7) is 1.89. The van der Waals surface area contributed by atoms with Crippen molar-refractivity contribution < 1.29 is 9.34 Å². The van der Waals surface area contributed by atoms with Crippen molar-refractivity contribution in [3.05, 3.63) is 33.3 Å². The summed E-state index contributed by atoms with van der Waals surface area (Å²) in [6, 6.07) is 2.88. The first-order valence-electron chi connectivity index (χ1n) is 6.29. The van der Waals surface area contributed by atoms with E-state index in [9.17, 15) is 10.1 Å². The molecule has 0 bridgehead atoms. The second kappa shape index (κ2) is 6.27. The normalized spacial score (nSPS) is 15.7. The first kappa shape index (κ1) is 14.1. The number of hydrogen-bond donors (Lipinski definition) is 0. The molecule has 7 nitrogen and oxygen atoms in total. The van der Waals surface area contributed by atoms with Crippen molar-refractivity contribution in [3.8, 4) is 10.8 Å². The lowest BCUT2D eigenvalue weighted by Crippen LogP contribution is -2.27. The molecule has 1 saturated heterocycles. The van der Waals surface area contributed by atoms with Gasteiger partial charge in [0.2, 0.25) is 0 Å². The Morgan fingerprint density at radius 3 is 2.95 bits per heavy atom. The fraction of sp³-hybridized carbons (Fsp3) is 0.333. The van der Waals surface area contributed by atoms with E-state index in [1.807, 2.05) is 22.2 Å². The Balaban J connectivity index is 1.70. The van der Waals surface area contributed by atoms with Crippen LogP contribution in [-0.4, -0.2) is 45.7 Å². The van der Waals surface area contributed by atoms with Crippen LogP contribution >= 0.6 is 23.1 Å². The molecule has 1 aliphatic heterocycles. The minimum absolute atomic E-state index is 0.277. The third-order valence-corrected chi connectivity index (χ3v) is 4.66. The van der Waals surface area contributed by atoms with Crippen LogP contribution in [0.2, 0.25) is 0 Å². The third-order valence-electron chi connectivity index (χ3n) is 2.85. The quantitative estimate of drug-likeness (QED) is 0.488. The van der Waals surface area contributed by atoms with Crippen LogP contribution in [0.15, 0.2) is 27.0 Å². The van der Waals surface area contributed by atoms with Gasteiger partial charge >= 0.3 is 5.88 Å². The molecule has 2 aromatic rings. The highest BCUT2D eigenvalue weighted by atomic mass is 32.2. The largest absolute Gasteiger partial charge is 0.433 e. The SMILES string of the molecule is O=[N+]([O-])c1ccc(-c2nc(/C=N\N3CCSCC3)cs2)o1. The van der Waals surface area contributed by atoms with E-state index in [-0.39, 0.29) is 5.88 Å². The van der Waals surface area contributed by atoms with Crippen LogP contribution in [0.4, 0.5) is 5.88 Å². The lowest BCUT2D eigenvalue weighted by molar-refractivity contribution is -0.401. The minimum Gasteiger partial charge on any atom is -0.398 e. The molecule has 0 amide bonds. The second-order valence-electron chi connectivity index (χ2n) is 4.28. The van der Waals surface area contributed by atoms with Gasteiger partial charge in [-0.3, -0.25) is 15.1 Å². The lowest BCUT2D eigenvalue weighted by Gasteiger charge is -2.22. The van der Waals surface area contributed by atoms with Gasteiger partial charge in [-0.05, 0) is 6.07 Å². The van der Waals surface area contributed by atoms with Crippen LogP contribution in [0.3, 0.4) is 0 Å². The number of furan rings is 1. The molecule has 3 rings (SSSR count). The molecule has 9 heteroatoms. The Bertz CT molecular complexity index is 661. The topological polar surface area (TPSA) is 84.8 Å². The van der Waals surface area contributed by atoms with Gasteiger partial charge in [-0.25, -0.2) is 4.98 Å². The zero-order valence-corrected chi connectivity index (χ0v) is 12.6. The number of nitrogens with zero attached hydrogens (tertiary/aromatic N) is 4. The molecule has 1 aliphatic rings. The predicted octanol–water partition coefficient (Wildman–Crippen LogP) is 2.69. The molecule has 21 heavy (non-hydrogen) atoms. The van der Waals surface area contributed by atoms with Gasteiger partial charge in [0.05, 0.1) is 18.0 Å². The molecule has 0 aliphatic carbocycles. The average molecular weight is 324 g/mol.